The minimum Gasteiger partial charge on any atom is -0.396 e. The summed E-state index contributed by atoms with van der Waals surface area (Å²) in [5, 5.41) is 14.8. The number of pyridine rings is 1. The second-order valence-corrected chi connectivity index (χ2v) is 4.81. The Morgan fingerprint density at radius 1 is 1.32 bits per heavy atom. The lowest BCUT2D eigenvalue weighted by atomic mass is 10.1. The van der Waals surface area contributed by atoms with Gasteiger partial charge < -0.3 is 15.7 Å². The van der Waals surface area contributed by atoms with E-state index in [4.69, 9.17) is 5.11 Å². The monoisotopic (exact) mass is 265 g/mol. The first-order valence-corrected chi connectivity index (χ1v) is 6.66. The van der Waals surface area contributed by atoms with Crippen molar-refractivity contribution in [3.63, 3.8) is 0 Å². The molecule has 2 amide bonds. The molecule has 0 aliphatic carbocycles. The second kappa shape index (κ2) is 7.74. The summed E-state index contributed by atoms with van der Waals surface area (Å²) >= 11 is 0. The lowest BCUT2D eigenvalue weighted by Crippen LogP contribution is -2.45. The van der Waals surface area contributed by atoms with Crippen molar-refractivity contribution in [2.75, 3.05) is 6.61 Å². The number of hydrogen-bond donors (Lipinski definition) is 3. The zero-order valence-electron chi connectivity index (χ0n) is 11.8. The Kier molecular flexibility index (Phi) is 6.29. The van der Waals surface area contributed by atoms with E-state index in [0.29, 0.717) is 0 Å². The molecule has 0 bridgehead atoms. The van der Waals surface area contributed by atoms with E-state index in [1.807, 2.05) is 32.9 Å². The Bertz CT molecular complexity index is 384. The third kappa shape index (κ3) is 4.87. The Hall–Kier alpha value is -1.62. The van der Waals surface area contributed by atoms with Crippen molar-refractivity contribution in [1.29, 1.82) is 0 Å². The van der Waals surface area contributed by atoms with Crippen LogP contribution in [-0.4, -0.2) is 28.8 Å². The van der Waals surface area contributed by atoms with Crippen LogP contribution < -0.4 is 10.6 Å². The minimum atomic E-state index is -0.212. The van der Waals surface area contributed by atoms with E-state index >= 15 is 0 Å². The maximum atomic E-state index is 11.9. The van der Waals surface area contributed by atoms with Gasteiger partial charge in [-0.25, -0.2) is 4.79 Å². The Labute approximate surface area is 114 Å². The van der Waals surface area contributed by atoms with Crippen molar-refractivity contribution in [3.05, 3.63) is 30.1 Å². The van der Waals surface area contributed by atoms with Crippen molar-refractivity contribution in [2.24, 2.45) is 5.92 Å². The van der Waals surface area contributed by atoms with Gasteiger partial charge in [0.1, 0.15) is 0 Å². The largest absolute Gasteiger partial charge is 0.396 e. The molecule has 0 radical (unpaired) electrons. The molecule has 0 aromatic carbocycles. The molecule has 0 unspecified atom stereocenters. The van der Waals surface area contributed by atoms with Gasteiger partial charge in [-0.1, -0.05) is 13.8 Å². The van der Waals surface area contributed by atoms with Crippen molar-refractivity contribution in [3.8, 4) is 0 Å². The normalized spacial score (nSPS) is 15.4. The van der Waals surface area contributed by atoms with Gasteiger partial charge in [0.05, 0.1) is 6.04 Å². The molecular formula is C14H23N3O2. The van der Waals surface area contributed by atoms with Gasteiger partial charge >= 0.3 is 6.03 Å². The molecule has 1 aromatic heterocycles. The maximum Gasteiger partial charge on any atom is 0.315 e. The lowest BCUT2D eigenvalue weighted by molar-refractivity contribution is 0.199. The van der Waals surface area contributed by atoms with E-state index in [2.05, 4.69) is 15.6 Å². The molecule has 0 spiro atoms. The quantitative estimate of drug-likeness (QED) is 0.735. The van der Waals surface area contributed by atoms with Crippen LogP contribution in [0.4, 0.5) is 4.79 Å². The van der Waals surface area contributed by atoms with Crippen LogP contribution in [0.25, 0.3) is 0 Å². The van der Waals surface area contributed by atoms with Crippen LogP contribution in [0.2, 0.25) is 0 Å². The fourth-order valence-electron chi connectivity index (χ4n) is 1.72. The summed E-state index contributed by atoms with van der Waals surface area (Å²) in [5.74, 6) is 0.0340. The molecule has 3 N–H and O–H groups in total. The second-order valence-electron chi connectivity index (χ2n) is 4.81. The third-order valence-electron chi connectivity index (χ3n) is 3.32. The number of carbonyl (C=O) groups excluding carboxylic acids is 1. The first-order valence-electron chi connectivity index (χ1n) is 6.66. The van der Waals surface area contributed by atoms with Gasteiger partial charge in [0, 0.05) is 25.0 Å². The highest BCUT2D eigenvalue weighted by atomic mass is 16.3. The molecule has 0 saturated heterocycles. The fraction of sp³-hybridized carbons (Fsp3) is 0.571. The average molecular weight is 265 g/mol. The first kappa shape index (κ1) is 15.4. The Morgan fingerprint density at radius 2 is 1.95 bits per heavy atom. The van der Waals surface area contributed by atoms with Gasteiger partial charge in [-0.3, -0.25) is 4.98 Å². The maximum absolute atomic E-state index is 11.9. The number of carbonyl (C=O) groups is 1. The molecule has 1 aromatic rings. The van der Waals surface area contributed by atoms with E-state index in [1.165, 1.54) is 0 Å². The number of hydrogen-bond acceptors (Lipinski definition) is 3. The van der Waals surface area contributed by atoms with E-state index in [9.17, 15) is 4.79 Å². The molecule has 5 heteroatoms. The van der Waals surface area contributed by atoms with Crippen LogP contribution in [0.3, 0.4) is 0 Å². The predicted molar refractivity (Wildman–Crippen MR) is 74.6 cm³/mol. The molecule has 106 valence electrons. The number of aromatic nitrogens is 1. The summed E-state index contributed by atoms with van der Waals surface area (Å²) in [4.78, 5) is 15.9. The predicted octanol–water partition coefficient (Wildman–Crippen LogP) is 1.85. The standard InChI is InChI=1S/C14H23N3O2/c1-4-13(12-5-7-15-8-6-12)17-14(19)16-11(3)10(2)9-18/h5-8,10-11,13,18H,4,9H2,1-3H3,(H2,16,17,19)/t10-,11+,13+/m1/s1. The van der Waals surface area contributed by atoms with E-state index < -0.39 is 0 Å². The van der Waals surface area contributed by atoms with Crippen LogP contribution in [0, 0.1) is 5.92 Å². The first-order chi connectivity index (χ1) is 9.08. The number of nitrogens with one attached hydrogen (secondary N) is 2. The number of amides is 2. The minimum absolute atomic E-state index is 0.0281. The molecule has 1 heterocycles. The van der Waals surface area contributed by atoms with Gasteiger partial charge in [-0.2, -0.15) is 0 Å². The van der Waals surface area contributed by atoms with Crippen molar-refractivity contribution in [1.82, 2.24) is 15.6 Å². The summed E-state index contributed by atoms with van der Waals surface area (Å²) in [6.45, 7) is 5.85. The molecule has 0 aliphatic rings. The van der Waals surface area contributed by atoms with Crippen molar-refractivity contribution < 1.29 is 9.90 Å². The number of aliphatic hydroxyl groups is 1. The topological polar surface area (TPSA) is 74.2 Å². The van der Waals surface area contributed by atoms with Crippen molar-refractivity contribution in [2.45, 2.75) is 39.3 Å². The van der Waals surface area contributed by atoms with Crippen LogP contribution in [0.15, 0.2) is 24.5 Å². The van der Waals surface area contributed by atoms with Crippen molar-refractivity contribution >= 4 is 6.03 Å². The summed E-state index contributed by atoms with van der Waals surface area (Å²) < 4.78 is 0. The van der Waals surface area contributed by atoms with Crippen LogP contribution in [-0.2, 0) is 0 Å². The molecule has 0 fully saturated rings. The average Bonchev–Trinajstić information content (AvgIpc) is 2.44. The smallest absolute Gasteiger partial charge is 0.315 e. The Balaban J connectivity index is 2.55. The summed E-state index contributed by atoms with van der Waals surface area (Å²) in [6, 6.07) is 3.48. The number of rotatable bonds is 6. The number of aliphatic hydroxyl groups excluding tert-OH is 1. The summed E-state index contributed by atoms with van der Waals surface area (Å²) in [7, 11) is 0. The molecule has 0 aliphatic heterocycles. The van der Waals surface area contributed by atoms with E-state index in [-0.39, 0.29) is 30.6 Å². The van der Waals surface area contributed by atoms with Crippen LogP contribution >= 0.6 is 0 Å². The molecule has 0 saturated carbocycles. The van der Waals surface area contributed by atoms with Gasteiger partial charge in [-0.05, 0) is 37.0 Å². The highest BCUT2D eigenvalue weighted by Crippen LogP contribution is 2.15. The molecular weight excluding hydrogens is 242 g/mol. The molecule has 5 nitrogen and oxygen atoms in total. The Morgan fingerprint density at radius 3 is 2.47 bits per heavy atom. The number of urea groups is 1. The van der Waals surface area contributed by atoms with Crippen LogP contribution in [0.1, 0.15) is 38.8 Å². The number of nitrogens with zero attached hydrogens (tertiary/aromatic N) is 1. The summed E-state index contributed by atoms with van der Waals surface area (Å²) in [5.41, 5.74) is 1.04. The van der Waals surface area contributed by atoms with Gasteiger partial charge in [-0.15, -0.1) is 0 Å². The van der Waals surface area contributed by atoms with E-state index in [1.54, 1.807) is 12.4 Å². The third-order valence-corrected chi connectivity index (χ3v) is 3.32. The zero-order valence-corrected chi connectivity index (χ0v) is 11.8. The molecule has 19 heavy (non-hydrogen) atoms. The van der Waals surface area contributed by atoms with Gasteiger partial charge in [0.25, 0.3) is 0 Å². The lowest BCUT2D eigenvalue weighted by Gasteiger charge is -2.22. The zero-order chi connectivity index (χ0) is 14.3. The van der Waals surface area contributed by atoms with E-state index in [0.717, 1.165) is 12.0 Å². The highest BCUT2D eigenvalue weighted by Gasteiger charge is 2.16. The van der Waals surface area contributed by atoms with Gasteiger partial charge in [0.15, 0.2) is 0 Å². The summed E-state index contributed by atoms with van der Waals surface area (Å²) in [6.07, 6.45) is 4.24. The van der Waals surface area contributed by atoms with Gasteiger partial charge in [0.2, 0.25) is 0 Å². The SMILES string of the molecule is CC[C@H](NC(=O)N[C@@H](C)[C@H](C)CO)c1ccncc1. The molecule has 1 rings (SSSR count). The fourth-order valence-corrected chi connectivity index (χ4v) is 1.72. The highest BCUT2D eigenvalue weighted by molar-refractivity contribution is 5.74. The molecule has 3 atom stereocenters. The van der Waals surface area contributed by atoms with Crippen LogP contribution in [0.5, 0.6) is 0 Å².